The average Bonchev–Trinajstić information content (AvgIpc) is 3.39. The van der Waals surface area contributed by atoms with Gasteiger partial charge in [-0.3, -0.25) is 4.79 Å². The number of aryl methyl sites for hydroxylation is 1. The molecule has 0 radical (unpaired) electrons. The van der Waals surface area contributed by atoms with Crippen LogP contribution in [0.15, 0.2) is 47.4 Å². The van der Waals surface area contributed by atoms with Crippen LogP contribution in [0.3, 0.4) is 0 Å². The minimum Gasteiger partial charge on any atom is -0.377 e. The molecule has 1 atom stereocenters. The van der Waals surface area contributed by atoms with Crippen molar-refractivity contribution < 1.29 is 17.9 Å². The van der Waals surface area contributed by atoms with Gasteiger partial charge in [-0.15, -0.1) is 0 Å². The Kier molecular flexibility index (Phi) is 6.29. The number of carbonyl (C=O) groups excluding carboxylic acids is 1. The summed E-state index contributed by atoms with van der Waals surface area (Å²) < 4.78 is 35.3. The fraction of sp³-hybridized carbons (Fsp3) is 0.333. The molecule has 2 aromatic carbocycles. The topological polar surface area (TPSA) is 102 Å². The molecule has 1 fully saturated rings. The number of ether oxygens (including phenoxy) is 1. The number of amides is 1. The highest BCUT2D eigenvalue weighted by molar-refractivity contribution is 7.89. The Hall–Kier alpha value is -2.46. The highest BCUT2D eigenvalue weighted by atomic mass is 35.5. The largest absolute Gasteiger partial charge is 0.377 e. The lowest BCUT2D eigenvalue weighted by Gasteiger charge is -2.13. The fourth-order valence-electron chi connectivity index (χ4n) is 3.55. The summed E-state index contributed by atoms with van der Waals surface area (Å²) in [4.78, 5) is 17.1. The Morgan fingerprint density at radius 3 is 2.84 bits per heavy atom. The van der Waals surface area contributed by atoms with Gasteiger partial charge in [0.15, 0.2) is 0 Å². The van der Waals surface area contributed by atoms with Crippen molar-refractivity contribution in [3.05, 3.63) is 58.9 Å². The van der Waals surface area contributed by atoms with Crippen molar-refractivity contribution >= 4 is 38.6 Å². The Bertz CT molecular complexity index is 1220. The molecule has 1 saturated heterocycles. The molecule has 0 unspecified atom stereocenters. The molecule has 2 heterocycles. The van der Waals surface area contributed by atoms with Crippen molar-refractivity contribution in [1.29, 1.82) is 0 Å². The number of halogens is 1. The van der Waals surface area contributed by atoms with Gasteiger partial charge in [0.2, 0.25) is 10.0 Å². The van der Waals surface area contributed by atoms with Gasteiger partial charge in [0.25, 0.3) is 5.91 Å². The summed E-state index contributed by atoms with van der Waals surface area (Å²) in [5, 5.41) is 2.84. The molecule has 164 valence electrons. The average molecular weight is 463 g/mol. The number of rotatable bonds is 7. The second-order valence-corrected chi connectivity index (χ2v) is 9.53. The normalized spacial score (nSPS) is 16.6. The molecule has 1 aliphatic rings. The maximum absolute atomic E-state index is 12.7. The first-order valence-corrected chi connectivity index (χ1v) is 11.8. The second kappa shape index (κ2) is 8.96. The lowest BCUT2D eigenvalue weighted by molar-refractivity contribution is 0.0949. The molecule has 0 bridgehead atoms. The van der Waals surface area contributed by atoms with Crippen LogP contribution in [0.4, 0.5) is 0 Å². The highest BCUT2D eigenvalue weighted by Gasteiger charge is 2.23. The van der Waals surface area contributed by atoms with E-state index in [1.54, 1.807) is 0 Å². The van der Waals surface area contributed by atoms with Gasteiger partial charge in [-0.25, -0.2) is 18.1 Å². The number of carbonyl (C=O) groups is 1. The summed E-state index contributed by atoms with van der Waals surface area (Å²) in [5.74, 6) is 0.272. The highest BCUT2D eigenvalue weighted by Crippen LogP contribution is 2.23. The molecule has 3 aromatic rings. The molecular weight excluding hydrogens is 440 g/mol. The van der Waals surface area contributed by atoms with Gasteiger partial charge >= 0.3 is 0 Å². The third-order valence-electron chi connectivity index (χ3n) is 5.29. The van der Waals surface area contributed by atoms with Crippen molar-refractivity contribution in [2.24, 2.45) is 7.05 Å². The molecule has 8 nitrogen and oxygen atoms in total. The van der Waals surface area contributed by atoms with Gasteiger partial charge in [0.1, 0.15) is 10.7 Å². The monoisotopic (exact) mass is 462 g/mol. The molecule has 0 saturated carbocycles. The van der Waals surface area contributed by atoms with E-state index in [-0.39, 0.29) is 34.7 Å². The third-order valence-corrected chi connectivity index (χ3v) is 7.20. The lowest BCUT2D eigenvalue weighted by Crippen LogP contribution is -2.32. The van der Waals surface area contributed by atoms with Gasteiger partial charge in [0.05, 0.1) is 28.7 Å². The Labute approximate surface area is 185 Å². The van der Waals surface area contributed by atoms with E-state index in [4.69, 9.17) is 16.3 Å². The van der Waals surface area contributed by atoms with Crippen molar-refractivity contribution in [3.8, 4) is 0 Å². The molecule has 1 amide bonds. The quantitative estimate of drug-likeness (QED) is 0.562. The number of nitrogens with zero attached hydrogens (tertiary/aromatic N) is 2. The van der Waals surface area contributed by atoms with Gasteiger partial charge in [-0.05, 0) is 43.2 Å². The van der Waals surface area contributed by atoms with E-state index in [9.17, 15) is 13.2 Å². The number of nitrogens with one attached hydrogen (secondary N) is 2. The van der Waals surface area contributed by atoms with Crippen LogP contribution < -0.4 is 10.0 Å². The molecule has 0 spiro atoms. The van der Waals surface area contributed by atoms with E-state index < -0.39 is 15.9 Å². The maximum atomic E-state index is 12.7. The molecular formula is C21H23ClN4O4S. The summed E-state index contributed by atoms with van der Waals surface area (Å²) in [6.07, 6.45) is 1.57. The smallest absolute Gasteiger partial charge is 0.251 e. The number of benzene rings is 2. The molecule has 2 N–H and O–H groups in total. The van der Waals surface area contributed by atoms with E-state index in [0.717, 1.165) is 23.9 Å². The fourth-order valence-corrected chi connectivity index (χ4v) is 5.14. The summed E-state index contributed by atoms with van der Waals surface area (Å²) >= 11 is 6.12. The first-order valence-electron chi connectivity index (χ1n) is 9.94. The molecule has 1 aromatic heterocycles. The van der Waals surface area contributed by atoms with Crippen molar-refractivity contribution in [1.82, 2.24) is 19.6 Å². The first-order chi connectivity index (χ1) is 14.8. The first kappa shape index (κ1) is 21.8. The van der Waals surface area contributed by atoms with E-state index in [0.29, 0.717) is 12.4 Å². The van der Waals surface area contributed by atoms with Crippen LogP contribution in [0.25, 0.3) is 11.0 Å². The van der Waals surface area contributed by atoms with E-state index >= 15 is 0 Å². The van der Waals surface area contributed by atoms with Crippen molar-refractivity contribution in [3.63, 3.8) is 0 Å². The van der Waals surface area contributed by atoms with Gasteiger partial charge < -0.3 is 14.6 Å². The number of aromatic nitrogens is 2. The zero-order valence-corrected chi connectivity index (χ0v) is 18.5. The summed E-state index contributed by atoms with van der Waals surface area (Å²) in [7, 11) is -2.01. The van der Waals surface area contributed by atoms with Crippen LogP contribution in [0, 0.1) is 0 Å². The van der Waals surface area contributed by atoms with Crippen LogP contribution >= 0.6 is 11.6 Å². The number of imidazole rings is 1. The van der Waals surface area contributed by atoms with Gasteiger partial charge in [-0.2, -0.15) is 0 Å². The molecule has 10 heteroatoms. The third kappa shape index (κ3) is 4.74. The number of sulfonamides is 1. The zero-order chi connectivity index (χ0) is 22.0. The Morgan fingerprint density at radius 1 is 1.29 bits per heavy atom. The number of hydrogen-bond acceptors (Lipinski definition) is 5. The van der Waals surface area contributed by atoms with Crippen LogP contribution in [-0.4, -0.2) is 43.1 Å². The Balaban J connectivity index is 1.47. The van der Waals surface area contributed by atoms with E-state index in [1.807, 2.05) is 35.9 Å². The lowest BCUT2D eigenvalue weighted by atomic mass is 10.2. The van der Waals surface area contributed by atoms with E-state index in [2.05, 4.69) is 15.0 Å². The minimum absolute atomic E-state index is 0.0479. The molecule has 31 heavy (non-hydrogen) atoms. The predicted octanol–water partition coefficient (Wildman–Crippen LogP) is 2.61. The number of fused-ring (bicyclic) bond motifs is 1. The predicted molar refractivity (Wildman–Crippen MR) is 117 cm³/mol. The second-order valence-electron chi connectivity index (χ2n) is 7.39. The Morgan fingerprint density at radius 2 is 2.10 bits per heavy atom. The SMILES string of the molecule is Cn1c(CNC(=O)c2ccc(Cl)c(S(=O)(=O)NC[C@H]3CCCO3)c2)nc2ccccc21. The van der Waals surface area contributed by atoms with Gasteiger partial charge in [0, 0.05) is 25.8 Å². The summed E-state index contributed by atoms with van der Waals surface area (Å²) in [6.45, 7) is 1.00. The number of para-hydroxylation sites is 2. The molecule has 4 rings (SSSR count). The standard InChI is InChI=1S/C21H23ClN4O4S/c1-26-18-7-3-2-6-17(18)25-20(26)13-23-21(27)14-8-9-16(22)19(11-14)31(28,29)24-12-15-5-4-10-30-15/h2-3,6-9,11,15,24H,4-5,10,12-13H2,1H3,(H,23,27)/t15-/m1/s1. The minimum atomic E-state index is -3.88. The molecule has 0 aliphatic carbocycles. The van der Waals surface area contributed by atoms with Crippen molar-refractivity contribution in [2.45, 2.75) is 30.4 Å². The molecule has 1 aliphatic heterocycles. The van der Waals surface area contributed by atoms with Gasteiger partial charge in [-0.1, -0.05) is 23.7 Å². The maximum Gasteiger partial charge on any atom is 0.251 e. The van der Waals surface area contributed by atoms with Crippen LogP contribution in [0.1, 0.15) is 29.0 Å². The zero-order valence-electron chi connectivity index (χ0n) is 17.0. The summed E-state index contributed by atoms with van der Waals surface area (Å²) in [5.41, 5.74) is 2.00. The summed E-state index contributed by atoms with van der Waals surface area (Å²) in [6, 6.07) is 11.9. The van der Waals surface area contributed by atoms with Crippen LogP contribution in [0.5, 0.6) is 0 Å². The van der Waals surface area contributed by atoms with Crippen LogP contribution in [0.2, 0.25) is 5.02 Å². The van der Waals surface area contributed by atoms with Crippen LogP contribution in [-0.2, 0) is 28.4 Å². The number of hydrogen-bond donors (Lipinski definition) is 2. The van der Waals surface area contributed by atoms with Crippen molar-refractivity contribution in [2.75, 3.05) is 13.2 Å². The van der Waals surface area contributed by atoms with E-state index in [1.165, 1.54) is 18.2 Å².